The van der Waals surface area contributed by atoms with E-state index in [1.807, 2.05) is 36.4 Å². The molecule has 3 aromatic rings. The second-order valence-electron chi connectivity index (χ2n) is 5.17. The van der Waals surface area contributed by atoms with Crippen LogP contribution in [0.4, 0.5) is 5.13 Å². The minimum absolute atomic E-state index is 0.109. The number of anilines is 1. The van der Waals surface area contributed by atoms with Crippen LogP contribution in [0, 0.1) is 0 Å². The summed E-state index contributed by atoms with van der Waals surface area (Å²) < 4.78 is 27.1. The molecular formula is C15H16N6O3S2. The number of nitrogens with zero attached hydrogens (tertiary/aromatic N) is 2. The Hall–Kier alpha value is -2.76. The Morgan fingerprint density at radius 3 is 2.77 bits per heavy atom. The lowest BCUT2D eigenvalue weighted by Gasteiger charge is -2.02. The van der Waals surface area contributed by atoms with Gasteiger partial charge in [0.25, 0.3) is 5.91 Å². The van der Waals surface area contributed by atoms with Gasteiger partial charge in [0.05, 0.1) is 17.9 Å². The number of H-pyrrole nitrogens is 1. The molecule has 26 heavy (non-hydrogen) atoms. The van der Waals surface area contributed by atoms with Crippen LogP contribution in [0.2, 0.25) is 0 Å². The van der Waals surface area contributed by atoms with Gasteiger partial charge in [-0.15, -0.1) is 11.3 Å². The molecule has 0 saturated carbocycles. The van der Waals surface area contributed by atoms with E-state index in [0.29, 0.717) is 0 Å². The number of benzene rings is 1. The molecule has 2 aromatic heterocycles. The molecule has 0 aliphatic carbocycles. The fourth-order valence-electron chi connectivity index (χ4n) is 2.07. The third-order valence-corrected chi connectivity index (χ3v) is 5.25. The average molecular weight is 392 g/mol. The zero-order chi connectivity index (χ0) is 18.6. The van der Waals surface area contributed by atoms with Gasteiger partial charge in [0.2, 0.25) is 0 Å². The SMILES string of the molecule is CNS(=O)(=O)Nc1nc(C(=O)NCc2cc(-c3ccccc3)n[nH]2)cs1. The number of rotatable bonds is 7. The number of carbonyl (C=O) groups excluding carboxylic acids is 1. The normalized spacial score (nSPS) is 11.3. The summed E-state index contributed by atoms with van der Waals surface area (Å²) in [5.41, 5.74) is 2.63. The fraction of sp³-hybridized carbons (Fsp3) is 0.133. The van der Waals surface area contributed by atoms with Crippen molar-refractivity contribution in [2.75, 3.05) is 11.8 Å². The smallest absolute Gasteiger partial charge is 0.300 e. The highest BCUT2D eigenvalue weighted by Gasteiger charge is 2.14. The van der Waals surface area contributed by atoms with Gasteiger partial charge in [-0.2, -0.15) is 13.5 Å². The van der Waals surface area contributed by atoms with E-state index in [1.165, 1.54) is 12.4 Å². The van der Waals surface area contributed by atoms with Crippen LogP contribution < -0.4 is 14.8 Å². The highest BCUT2D eigenvalue weighted by molar-refractivity contribution is 7.91. The van der Waals surface area contributed by atoms with Crippen LogP contribution in [0.5, 0.6) is 0 Å². The summed E-state index contributed by atoms with van der Waals surface area (Å²) in [5.74, 6) is -0.410. The monoisotopic (exact) mass is 392 g/mol. The number of carbonyl (C=O) groups is 1. The van der Waals surface area contributed by atoms with E-state index in [2.05, 4.69) is 29.9 Å². The highest BCUT2D eigenvalue weighted by Crippen LogP contribution is 2.18. The van der Waals surface area contributed by atoms with Crippen molar-refractivity contribution >= 4 is 32.6 Å². The molecule has 136 valence electrons. The Kier molecular flexibility index (Phi) is 5.30. The third kappa shape index (κ3) is 4.45. The topological polar surface area (TPSA) is 129 Å². The number of aromatic amines is 1. The van der Waals surface area contributed by atoms with Crippen molar-refractivity contribution in [2.45, 2.75) is 6.54 Å². The Bertz CT molecular complexity index is 997. The van der Waals surface area contributed by atoms with Crippen LogP contribution in [0.3, 0.4) is 0 Å². The summed E-state index contributed by atoms with van der Waals surface area (Å²) >= 11 is 1.02. The summed E-state index contributed by atoms with van der Waals surface area (Å²) in [5, 5.41) is 11.4. The molecule has 0 bridgehead atoms. The summed E-state index contributed by atoms with van der Waals surface area (Å²) in [6, 6.07) is 11.5. The molecule has 4 N–H and O–H groups in total. The lowest BCUT2D eigenvalue weighted by molar-refractivity contribution is 0.0946. The fourth-order valence-corrected chi connectivity index (χ4v) is 3.50. The van der Waals surface area contributed by atoms with Crippen LogP contribution in [0.1, 0.15) is 16.2 Å². The van der Waals surface area contributed by atoms with Crippen molar-refractivity contribution < 1.29 is 13.2 Å². The zero-order valence-corrected chi connectivity index (χ0v) is 15.3. The number of amides is 1. The molecule has 0 fully saturated rings. The van der Waals surface area contributed by atoms with E-state index in [4.69, 9.17) is 0 Å². The van der Waals surface area contributed by atoms with Gasteiger partial charge in [-0.1, -0.05) is 30.3 Å². The van der Waals surface area contributed by atoms with Gasteiger partial charge in [0.15, 0.2) is 5.13 Å². The van der Waals surface area contributed by atoms with Gasteiger partial charge in [-0.25, -0.2) is 14.4 Å². The van der Waals surface area contributed by atoms with Crippen molar-refractivity contribution in [2.24, 2.45) is 0 Å². The summed E-state index contributed by atoms with van der Waals surface area (Å²) in [6.07, 6.45) is 0. The maximum Gasteiger partial charge on any atom is 0.300 e. The van der Waals surface area contributed by atoms with E-state index in [9.17, 15) is 13.2 Å². The maximum absolute atomic E-state index is 12.1. The standard InChI is InChI=1S/C15H16N6O3S2/c1-16-26(23,24)21-15-18-13(9-25-15)14(22)17-8-11-7-12(20-19-11)10-5-3-2-4-6-10/h2-7,9,16H,8H2,1H3,(H,17,22)(H,18,21)(H,19,20). The summed E-state index contributed by atoms with van der Waals surface area (Å²) in [4.78, 5) is 16.1. The molecule has 1 aromatic carbocycles. The average Bonchev–Trinajstić information content (AvgIpc) is 3.30. The Morgan fingerprint density at radius 2 is 2.04 bits per heavy atom. The van der Waals surface area contributed by atoms with Crippen molar-refractivity contribution in [3.8, 4) is 11.3 Å². The van der Waals surface area contributed by atoms with Crippen molar-refractivity contribution in [3.05, 3.63) is 53.2 Å². The summed E-state index contributed by atoms with van der Waals surface area (Å²) in [7, 11) is -2.39. The zero-order valence-electron chi connectivity index (χ0n) is 13.7. The van der Waals surface area contributed by atoms with Gasteiger partial charge >= 0.3 is 10.2 Å². The quantitative estimate of drug-likeness (QED) is 0.482. The number of nitrogens with one attached hydrogen (secondary N) is 4. The minimum Gasteiger partial charge on any atom is -0.345 e. The van der Waals surface area contributed by atoms with Crippen LogP contribution in [0.25, 0.3) is 11.3 Å². The first-order valence-electron chi connectivity index (χ1n) is 7.51. The van der Waals surface area contributed by atoms with E-state index in [0.717, 1.165) is 28.3 Å². The molecule has 0 saturated heterocycles. The summed E-state index contributed by atoms with van der Waals surface area (Å²) in [6.45, 7) is 0.244. The maximum atomic E-state index is 12.1. The lowest BCUT2D eigenvalue weighted by atomic mass is 10.1. The van der Waals surface area contributed by atoms with Crippen molar-refractivity contribution in [1.82, 2.24) is 25.2 Å². The van der Waals surface area contributed by atoms with Crippen LogP contribution in [-0.2, 0) is 16.8 Å². The predicted octanol–water partition coefficient (Wildman–Crippen LogP) is 1.34. The first-order valence-corrected chi connectivity index (χ1v) is 9.88. The molecule has 0 unspecified atom stereocenters. The molecule has 0 aliphatic heterocycles. The molecule has 0 aliphatic rings. The Balaban J connectivity index is 1.60. The highest BCUT2D eigenvalue weighted by atomic mass is 32.2. The van der Waals surface area contributed by atoms with E-state index in [-0.39, 0.29) is 17.4 Å². The first-order chi connectivity index (χ1) is 12.5. The van der Waals surface area contributed by atoms with Crippen LogP contribution in [-0.4, -0.2) is 36.6 Å². The number of hydrogen-bond donors (Lipinski definition) is 4. The van der Waals surface area contributed by atoms with Crippen molar-refractivity contribution in [1.29, 1.82) is 0 Å². The van der Waals surface area contributed by atoms with Gasteiger partial charge in [-0.05, 0) is 6.07 Å². The molecule has 0 spiro atoms. The first kappa shape index (κ1) is 18.0. The lowest BCUT2D eigenvalue weighted by Crippen LogP contribution is -2.26. The predicted molar refractivity (Wildman–Crippen MR) is 98.9 cm³/mol. The molecule has 1 amide bonds. The van der Waals surface area contributed by atoms with Gasteiger partial charge in [-0.3, -0.25) is 9.89 Å². The number of thiazole rings is 1. The Labute approximate surface area is 154 Å². The van der Waals surface area contributed by atoms with Crippen molar-refractivity contribution in [3.63, 3.8) is 0 Å². The Morgan fingerprint density at radius 1 is 1.27 bits per heavy atom. The second-order valence-corrected chi connectivity index (χ2v) is 7.65. The number of hydrogen-bond acceptors (Lipinski definition) is 6. The molecular weight excluding hydrogens is 376 g/mol. The van der Waals surface area contributed by atoms with E-state index in [1.54, 1.807) is 0 Å². The largest absolute Gasteiger partial charge is 0.345 e. The van der Waals surface area contributed by atoms with Crippen LogP contribution in [0.15, 0.2) is 41.8 Å². The van der Waals surface area contributed by atoms with E-state index >= 15 is 0 Å². The molecule has 11 heteroatoms. The second kappa shape index (κ2) is 7.64. The van der Waals surface area contributed by atoms with Gasteiger partial charge < -0.3 is 5.32 Å². The molecule has 0 radical (unpaired) electrons. The van der Waals surface area contributed by atoms with E-state index < -0.39 is 16.1 Å². The molecule has 2 heterocycles. The third-order valence-electron chi connectivity index (χ3n) is 3.37. The molecule has 3 rings (SSSR count). The van der Waals surface area contributed by atoms with Gasteiger partial charge in [0, 0.05) is 18.0 Å². The molecule has 9 nitrogen and oxygen atoms in total. The minimum atomic E-state index is -3.66. The molecule has 0 atom stereocenters. The van der Waals surface area contributed by atoms with Gasteiger partial charge in [0.1, 0.15) is 5.69 Å². The number of aromatic nitrogens is 3. The van der Waals surface area contributed by atoms with Crippen LogP contribution >= 0.6 is 11.3 Å².